The van der Waals surface area contributed by atoms with Crippen LogP contribution in [0.1, 0.15) is 36.8 Å². The number of carbonyl (C=O) groups excluding carboxylic acids is 2. The quantitative estimate of drug-likeness (QED) is 0.707. The Bertz CT molecular complexity index is 848. The summed E-state index contributed by atoms with van der Waals surface area (Å²) in [6, 6.07) is 11.8. The van der Waals surface area contributed by atoms with Gasteiger partial charge < -0.3 is 10.6 Å². The monoisotopic (exact) mass is 432 g/mol. The molecule has 27 heavy (non-hydrogen) atoms. The van der Waals surface area contributed by atoms with Crippen molar-refractivity contribution in [3.8, 4) is 0 Å². The van der Waals surface area contributed by atoms with Crippen molar-refractivity contribution >= 4 is 33.4 Å². The highest BCUT2D eigenvalue weighted by Gasteiger charge is 2.45. The Morgan fingerprint density at radius 2 is 1.85 bits per heavy atom. The summed E-state index contributed by atoms with van der Waals surface area (Å²) in [5.74, 6) is -0.555. The van der Waals surface area contributed by atoms with Crippen molar-refractivity contribution in [3.63, 3.8) is 0 Å². The molecule has 1 saturated carbocycles. The van der Waals surface area contributed by atoms with Gasteiger partial charge in [-0.2, -0.15) is 0 Å². The molecule has 3 rings (SSSR count). The smallest absolute Gasteiger partial charge is 0.230 e. The van der Waals surface area contributed by atoms with Crippen LogP contribution < -0.4 is 10.6 Å². The molecule has 2 aromatic carbocycles. The number of anilines is 1. The number of hydrogen-bond donors (Lipinski definition) is 2. The fourth-order valence-electron chi connectivity index (χ4n) is 3.35. The van der Waals surface area contributed by atoms with Crippen molar-refractivity contribution in [2.75, 3.05) is 11.9 Å². The van der Waals surface area contributed by atoms with E-state index in [0.717, 1.165) is 40.5 Å². The number of rotatable bonds is 6. The summed E-state index contributed by atoms with van der Waals surface area (Å²) in [7, 11) is 0. The molecule has 0 aromatic heterocycles. The lowest BCUT2D eigenvalue weighted by Crippen LogP contribution is -2.49. The number of amides is 2. The fraction of sp³-hybridized carbons (Fsp3) is 0.333. The van der Waals surface area contributed by atoms with Crippen LogP contribution in [0.15, 0.2) is 46.9 Å². The van der Waals surface area contributed by atoms with Gasteiger partial charge in [-0.3, -0.25) is 9.59 Å². The number of hydrogen-bond acceptors (Lipinski definition) is 2. The summed E-state index contributed by atoms with van der Waals surface area (Å²) in [4.78, 5) is 24.9. The van der Waals surface area contributed by atoms with Gasteiger partial charge in [-0.1, -0.05) is 40.5 Å². The van der Waals surface area contributed by atoms with Gasteiger partial charge >= 0.3 is 0 Å². The average Bonchev–Trinajstić information content (AvgIpc) is 2.59. The average molecular weight is 433 g/mol. The van der Waals surface area contributed by atoms with Gasteiger partial charge in [0.15, 0.2) is 0 Å². The summed E-state index contributed by atoms with van der Waals surface area (Å²) in [6.45, 7) is 2.19. The second-order valence-electron chi connectivity index (χ2n) is 6.96. The second kappa shape index (κ2) is 8.21. The molecule has 2 amide bonds. The van der Waals surface area contributed by atoms with Crippen LogP contribution in [-0.2, 0) is 15.0 Å². The molecule has 142 valence electrons. The predicted octanol–water partition coefficient (Wildman–Crippen LogP) is 4.46. The standard InChI is InChI=1S/C21H22BrFN2O2/c1-14-3-6-16(22)13-18(14)25-19(26)9-12-24-20(27)21(10-2-11-21)15-4-7-17(23)8-5-15/h3-8,13H,2,9-12H2,1H3,(H,24,27)(H,25,26). The molecule has 4 nitrogen and oxygen atoms in total. The zero-order valence-corrected chi connectivity index (χ0v) is 16.7. The minimum absolute atomic E-state index is 0.0909. The fourth-order valence-corrected chi connectivity index (χ4v) is 3.71. The van der Waals surface area contributed by atoms with Crippen LogP contribution in [0.3, 0.4) is 0 Å². The van der Waals surface area contributed by atoms with E-state index in [9.17, 15) is 14.0 Å². The van der Waals surface area contributed by atoms with E-state index in [-0.39, 0.29) is 30.6 Å². The Balaban J connectivity index is 1.55. The maximum absolute atomic E-state index is 13.2. The topological polar surface area (TPSA) is 58.2 Å². The molecule has 2 N–H and O–H groups in total. The lowest BCUT2D eigenvalue weighted by molar-refractivity contribution is -0.130. The first-order chi connectivity index (χ1) is 12.9. The molecule has 0 spiro atoms. The molecule has 0 heterocycles. The summed E-state index contributed by atoms with van der Waals surface area (Å²) < 4.78 is 14.1. The van der Waals surface area contributed by atoms with E-state index in [1.807, 2.05) is 25.1 Å². The molecule has 0 aliphatic heterocycles. The summed E-state index contributed by atoms with van der Waals surface area (Å²) in [5.41, 5.74) is 1.97. The highest BCUT2D eigenvalue weighted by atomic mass is 79.9. The van der Waals surface area contributed by atoms with Gasteiger partial charge in [-0.15, -0.1) is 0 Å². The minimum atomic E-state index is -0.592. The summed E-state index contributed by atoms with van der Waals surface area (Å²) in [5, 5.41) is 5.75. The number of aryl methyl sites for hydroxylation is 1. The first-order valence-electron chi connectivity index (χ1n) is 9.01. The third kappa shape index (κ3) is 4.38. The van der Waals surface area contributed by atoms with Gasteiger partial charge in [0.2, 0.25) is 11.8 Å². The number of nitrogens with one attached hydrogen (secondary N) is 2. The normalized spacial score (nSPS) is 14.9. The highest BCUT2D eigenvalue weighted by Crippen LogP contribution is 2.44. The lowest BCUT2D eigenvalue weighted by atomic mass is 9.64. The van der Waals surface area contributed by atoms with Crippen LogP contribution >= 0.6 is 15.9 Å². The molecule has 0 bridgehead atoms. The number of carbonyl (C=O) groups is 2. The third-order valence-electron chi connectivity index (χ3n) is 5.15. The minimum Gasteiger partial charge on any atom is -0.355 e. The van der Waals surface area contributed by atoms with Crippen LogP contribution in [0, 0.1) is 12.7 Å². The highest BCUT2D eigenvalue weighted by molar-refractivity contribution is 9.10. The van der Waals surface area contributed by atoms with E-state index < -0.39 is 5.41 Å². The van der Waals surface area contributed by atoms with E-state index in [0.29, 0.717) is 0 Å². The molecular weight excluding hydrogens is 411 g/mol. The van der Waals surface area contributed by atoms with Crippen molar-refractivity contribution < 1.29 is 14.0 Å². The van der Waals surface area contributed by atoms with Crippen molar-refractivity contribution in [2.24, 2.45) is 0 Å². The molecule has 0 radical (unpaired) electrons. The molecule has 1 fully saturated rings. The Hall–Kier alpha value is -2.21. The molecule has 1 aliphatic carbocycles. The molecule has 6 heteroatoms. The Morgan fingerprint density at radius 1 is 1.15 bits per heavy atom. The predicted molar refractivity (Wildman–Crippen MR) is 107 cm³/mol. The first-order valence-corrected chi connectivity index (χ1v) is 9.80. The van der Waals surface area contributed by atoms with Crippen molar-refractivity contribution in [3.05, 3.63) is 63.9 Å². The third-order valence-corrected chi connectivity index (χ3v) is 5.64. The van der Waals surface area contributed by atoms with E-state index in [2.05, 4.69) is 26.6 Å². The molecular formula is C21H22BrFN2O2. The van der Waals surface area contributed by atoms with Gasteiger partial charge in [0.1, 0.15) is 5.82 Å². The largest absolute Gasteiger partial charge is 0.355 e. The molecule has 0 atom stereocenters. The number of halogens is 2. The van der Waals surface area contributed by atoms with E-state index >= 15 is 0 Å². The van der Waals surface area contributed by atoms with Crippen LogP contribution in [0.2, 0.25) is 0 Å². The zero-order valence-electron chi connectivity index (χ0n) is 15.1. The van der Waals surface area contributed by atoms with Crippen molar-refractivity contribution in [1.82, 2.24) is 5.32 Å². The second-order valence-corrected chi connectivity index (χ2v) is 7.87. The molecule has 1 aliphatic rings. The Labute approximate surface area is 166 Å². The summed E-state index contributed by atoms with van der Waals surface area (Å²) >= 11 is 3.39. The van der Waals surface area contributed by atoms with Gasteiger partial charge in [0.25, 0.3) is 0 Å². The van der Waals surface area contributed by atoms with E-state index in [1.165, 1.54) is 12.1 Å². The van der Waals surface area contributed by atoms with Crippen molar-refractivity contribution in [2.45, 2.75) is 38.0 Å². The summed E-state index contributed by atoms with van der Waals surface area (Å²) in [6.07, 6.45) is 2.65. The van der Waals surface area contributed by atoms with Crippen LogP contribution in [0.4, 0.5) is 10.1 Å². The molecule has 0 unspecified atom stereocenters. The van der Waals surface area contributed by atoms with Crippen LogP contribution in [-0.4, -0.2) is 18.4 Å². The lowest BCUT2D eigenvalue weighted by Gasteiger charge is -2.40. The maximum Gasteiger partial charge on any atom is 0.230 e. The van der Waals surface area contributed by atoms with Gasteiger partial charge in [-0.05, 0) is 55.2 Å². The Morgan fingerprint density at radius 3 is 2.48 bits per heavy atom. The molecule has 2 aromatic rings. The number of benzene rings is 2. The van der Waals surface area contributed by atoms with Crippen LogP contribution in [0.5, 0.6) is 0 Å². The van der Waals surface area contributed by atoms with Gasteiger partial charge in [-0.25, -0.2) is 4.39 Å². The van der Waals surface area contributed by atoms with E-state index in [4.69, 9.17) is 0 Å². The zero-order chi connectivity index (χ0) is 19.4. The van der Waals surface area contributed by atoms with Gasteiger partial charge in [0, 0.05) is 23.1 Å². The van der Waals surface area contributed by atoms with Crippen molar-refractivity contribution in [1.29, 1.82) is 0 Å². The van der Waals surface area contributed by atoms with Crippen LogP contribution in [0.25, 0.3) is 0 Å². The first kappa shape index (κ1) is 19.5. The SMILES string of the molecule is Cc1ccc(Br)cc1NC(=O)CCNC(=O)C1(c2ccc(F)cc2)CCC1. The molecule has 0 saturated heterocycles. The maximum atomic E-state index is 13.2. The Kier molecular flexibility index (Phi) is 5.95. The van der Waals surface area contributed by atoms with Gasteiger partial charge in [0.05, 0.1) is 5.41 Å². The van der Waals surface area contributed by atoms with E-state index in [1.54, 1.807) is 12.1 Å².